The quantitative estimate of drug-likeness (QED) is 0.830. The van der Waals surface area contributed by atoms with E-state index < -0.39 is 0 Å². The van der Waals surface area contributed by atoms with Crippen molar-refractivity contribution in [2.24, 2.45) is 0 Å². The van der Waals surface area contributed by atoms with Crippen molar-refractivity contribution in [2.45, 2.75) is 25.2 Å². The first-order valence-electron chi connectivity index (χ1n) is 7.24. The molecule has 2 aromatic rings. The number of hydrogen-bond acceptors (Lipinski definition) is 4. The number of fused-ring (bicyclic) bond motifs is 3. The summed E-state index contributed by atoms with van der Waals surface area (Å²) >= 11 is 0. The zero-order chi connectivity index (χ0) is 14.8. The van der Waals surface area contributed by atoms with Crippen molar-refractivity contribution in [3.05, 3.63) is 29.5 Å². The Balaban J connectivity index is 1.97. The zero-order valence-electron chi connectivity index (χ0n) is 12.7. The van der Waals surface area contributed by atoms with Crippen LogP contribution in [0.5, 0.6) is 5.75 Å². The molecule has 0 unspecified atom stereocenters. The number of nitrogens with one attached hydrogen (secondary N) is 2. The molecule has 1 aliphatic heterocycles. The fourth-order valence-corrected chi connectivity index (χ4v) is 3.10. The van der Waals surface area contributed by atoms with Crippen LogP contribution < -0.4 is 10.1 Å². The van der Waals surface area contributed by atoms with Gasteiger partial charge in [-0.25, -0.2) is 0 Å². The first kappa shape index (κ1) is 14.4. The lowest BCUT2D eigenvalue weighted by atomic mass is 9.97. The Labute approximate surface area is 124 Å². The molecule has 0 bridgehead atoms. The van der Waals surface area contributed by atoms with Gasteiger partial charge >= 0.3 is 0 Å². The fraction of sp³-hybridized carbons (Fsp3) is 0.500. The van der Waals surface area contributed by atoms with E-state index in [2.05, 4.69) is 22.4 Å². The third-order valence-electron chi connectivity index (χ3n) is 4.21. The van der Waals surface area contributed by atoms with Gasteiger partial charge in [0.2, 0.25) is 0 Å². The maximum Gasteiger partial charge on any atom is 0.158 e. The highest BCUT2D eigenvalue weighted by atomic mass is 16.7. The molecule has 2 heterocycles. The summed E-state index contributed by atoms with van der Waals surface area (Å²) in [5.74, 6) is 0.894. The third-order valence-corrected chi connectivity index (χ3v) is 4.21. The number of aromatic nitrogens is 1. The van der Waals surface area contributed by atoms with Crippen molar-refractivity contribution in [1.82, 2.24) is 10.3 Å². The number of rotatable bonds is 5. The molecule has 0 amide bonds. The fourth-order valence-electron chi connectivity index (χ4n) is 3.10. The van der Waals surface area contributed by atoms with E-state index in [0.29, 0.717) is 0 Å². The van der Waals surface area contributed by atoms with E-state index in [4.69, 9.17) is 14.2 Å². The summed E-state index contributed by atoms with van der Waals surface area (Å²) in [7, 11) is 5.05. The van der Waals surface area contributed by atoms with Crippen molar-refractivity contribution in [2.75, 3.05) is 27.9 Å². The summed E-state index contributed by atoms with van der Waals surface area (Å²) in [6, 6.07) is 6.39. The minimum Gasteiger partial charge on any atom is -0.497 e. The second kappa shape index (κ2) is 6.05. The Bertz CT molecular complexity index is 619. The molecule has 1 atom stereocenters. The van der Waals surface area contributed by atoms with E-state index in [0.717, 1.165) is 30.7 Å². The molecule has 0 fully saturated rings. The Morgan fingerprint density at radius 3 is 2.76 bits per heavy atom. The Morgan fingerprint density at radius 1 is 1.24 bits per heavy atom. The van der Waals surface area contributed by atoms with Gasteiger partial charge in [-0.1, -0.05) is 0 Å². The van der Waals surface area contributed by atoms with Crippen molar-refractivity contribution in [3.8, 4) is 5.75 Å². The average molecular weight is 290 g/mol. The Hall–Kier alpha value is -1.56. The predicted octanol–water partition coefficient (Wildman–Crippen LogP) is 2.37. The molecule has 0 radical (unpaired) electrons. The maximum atomic E-state index is 5.34. The molecule has 2 N–H and O–H groups in total. The molecule has 0 spiro atoms. The van der Waals surface area contributed by atoms with Crippen molar-refractivity contribution < 1.29 is 14.2 Å². The van der Waals surface area contributed by atoms with Gasteiger partial charge in [0.25, 0.3) is 0 Å². The van der Waals surface area contributed by atoms with Crippen LogP contribution in [0.15, 0.2) is 18.2 Å². The summed E-state index contributed by atoms with van der Waals surface area (Å²) < 4.78 is 16.0. The van der Waals surface area contributed by atoms with Crippen LogP contribution in [0, 0.1) is 0 Å². The molecule has 1 aromatic heterocycles. The monoisotopic (exact) mass is 290 g/mol. The largest absolute Gasteiger partial charge is 0.497 e. The molecule has 1 aromatic carbocycles. The lowest BCUT2D eigenvalue weighted by Crippen LogP contribution is -2.33. The van der Waals surface area contributed by atoms with Crippen LogP contribution >= 0.6 is 0 Å². The van der Waals surface area contributed by atoms with Crippen LogP contribution in [0.1, 0.15) is 23.7 Å². The molecule has 1 aliphatic rings. The van der Waals surface area contributed by atoms with Gasteiger partial charge in [-0.3, -0.25) is 0 Å². The third kappa shape index (κ3) is 2.64. The van der Waals surface area contributed by atoms with E-state index in [1.807, 2.05) is 6.07 Å². The van der Waals surface area contributed by atoms with E-state index in [9.17, 15) is 0 Å². The first-order valence-corrected chi connectivity index (χ1v) is 7.24. The van der Waals surface area contributed by atoms with Crippen LogP contribution in [0.25, 0.3) is 10.9 Å². The van der Waals surface area contributed by atoms with Gasteiger partial charge in [0, 0.05) is 37.2 Å². The van der Waals surface area contributed by atoms with Gasteiger partial charge in [0.15, 0.2) is 6.29 Å². The SMILES string of the molecule is COc1ccc2[nH]c3c(c2c1)CCN[C@@H]3CC(OC)OC. The summed E-state index contributed by atoms with van der Waals surface area (Å²) in [4.78, 5) is 3.54. The minimum absolute atomic E-state index is 0.200. The molecule has 5 heteroatoms. The standard InChI is InChI=1S/C16H22N2O3/c1-19-10-4-5-13-12(8-10)11-6-7-17-14(16(11)18-13)9-15(20-2)21-3/h4-5,8,14-15,17-18H,6-7,9H2,1-3H3/t14-/m1/s1. The number of hydrogen-bond donors (Lipinski definition) is 2. The molecule has 5 nitrogen and oxygen atoms in total. The Morgan fingerprint density at radius 2 is 2.05 bits per heavy atom. The van der Waals surface area contributed by atoms with E-state index in [1.165, 1.54) is 16.6 Å². The van der Waals surface area contributed by atoms with Crippen molar-refractivity contribution >= 4 is 10.9 Å². The van der Waals surface area contributed by atoms with Crippen LogP contribution in [0.3, 0.4) is 0 Å². The number of ether oxygens (including phenoxy) is 3. The number of benzene rings is 1. The second-order valence-electron chi connectivity index (χ2n) is 5.32. The van der Waals surface area contributed by atoms with E-state index in [-0.39, 0.29) is 12.3 Å². The van der Waals surface area contributed by atoms with Crippen LogP contribution in [0.2, 0.25) is 0 Å². The summed E-state index contributed by atoms with van der Waals surface area (Å²) in [5, 5.41) is 4.79. The van der Waals surface area contributed by atoms with Gasteiger partial charge in [0.05, 0.1) is 13.2 Å². The highest BCUT2D eigenvalue weighted by Gasteiger charge is 2.26. The average Bonchev–Trinajstić information content (AvgIpc) is 2.91. The molecular formula is C16H22N2O3. The Kier molecular flexibility index (Phi) is 4.14. The smallest absolute Gasteiger partial charge is 0.158 e. The van der Waals surface area contributed by atoms with Gasteiger partial charge in [0.1, 0.15) is 5.75 Å². The normalized spacial score (nSPS) is 18.2. The molecule has 114 valence electrons. The topological polar surface area (TPSA) is 55.5 Å². The van der Waals surface area contributed by atoms with Crippen LogP contribution in [-0.2, 0) is 15.9 Å². The second-order valence-corrected chi connectivity index (χ2v) is 5.32. The summed E-state index contributed by atoms with van der Waals surface area (Å²) in [6.45, 7) is 0.960. The van der Waals surface area contributed by atoms with Gasteiger partial charge in [-0.2, -0.15) is 0 Å². The lowest BCUT2D eigenvalue weighted by Gasteiger charge is -2.27. The first-order chi connectivity index (χ1) is 10.3. The van der Waals surface area contributed by atoms with Gasteiger partial charge < -0.3 is 24.5 Å². The molecule has 3 rings (SSSR count). The number of methoxy groups -OCH3 is 3. The lowest BCUT2D eigenvalue weighted by molar-refractivity contribution is -0.111. The van der Waals surface area contributed by atoms with Gasteiger partial charge in [-0.05, 0) is 36.7 Å². The van der Waals surface area contributed by atoms with Crippen LogP contribution in [0.4, 0.5) is 0 Å². The molecule has 0 saturated carbocycles. The van der Waals surface area contributed by atoms with Gasteiger partial charge in [-0.15, -0.1) is 0 Å². The van der Waals surface area contributed by atoms with Crippen LogP contribution in [-0.4, -0.2) is 39.1 Å². The molecular weight excluding hydrogens is 268 g/mol. The van der Waals surface area contributed by atoms with E-state index in [1.54, 1.807) is 21.3 Å². The molecule has 21 heavy (non-hydrogen) atoms. The number of aromatic amines is 1. The summed E-state index contributed by atoms with van der Waals surface area (Å²) in [6.07, 6.45) is 1.60. The van der Waals surface area contributed by atoms with Crippen molar-refractivity contribution in [1.29, 1.82) is 0 Å². The summed E-state index contributed by atoms with van der Waals surface area (Å²) in [5.41, 5.74) is 3.77. The van der Waals surface area contributed by atoms with Crippen molar-refractivity contribution in [3.63, 3.8) is 0 Å². The zero-order valence-corrected chi connectivity index (χ0v) is 12.7. The highest BCUT2D eigenvalue weighted by molar-refractivity contribution is 5.86. The maximum absolute atomic E-state index is 5.34. The highest BCUT2D eigenvalue weighted by Crippen LogP contribution is 2.34. The minimum atomic E-state index is -0.200. The number of H-pyrrole nitrogens is 1. The van der Waals surface area contributed by atoms with E-state index >= 15 is 0 Å². The molecule has 0 aliphatic carbocycles. The molecule has 0 saturated heterocycles. The predicted molar refractivity (Wildman–Crippen MR) is 81.7 cm³/mol.